The highest BCUT2D eigenvalue weighted by atomic mass is 16.5. The Kier molecular flexibility index (Phi) is 7.54. The zero-order valence-electron chi connectivity index (χ0n) is 28.1. The summed E-state index contributed by atoms with van der Waals surface area (Å²) in [6.07, 6.45) is 1.96. The van der Waals surface area contributed by atoms with E-state index >= 15 is 0 Å². The van der Waals surface area contributed by atoms with Crippen molar-refractivity contribution in [1.29, 1.82) is 0 Å². The van der Waals surface area contributed by atoms with Crippen molar-refractivity contribution in [2.45, 2.75) is 65.3 Å². The molecule has 4 aromatic rings. The molecule has 1 fully saturated rings. The third-order valence-electron chi connectivity index (χ3n) is 10.9. The number of furan rings is 1. The lowest BCUT2D eigenvalue weighted by Gasteiger charge is -2.52. The molecule has 0 amide bonds. The Morgan fingerprint density at radius 3 is 2.41 bits per heavy atom. The molecule has 256 valence electrons. The van der Waals surface area contributed by atoms with E-state index in [0.717, 1.165) is 4.57 Å². The van der Waals surface area contributed by atoms with Gasteiger partial charge in [0, 0.05) is 38.1 Å². The largest absolute Gasteiger partial charge is 0.493 e. The van der Waals surface area contributed by atoms with Gasteiger partial charge in [0.05, 0.1) is 49.2 Å². The highest BCUT2D eigenvalue weighted by Crippen LogP contribution is 2.60. The average Bonchev–Trinajstić information content (AvgIpc) is 3.67. The number of aromatic nitrogens is 5. The SMILES string of the molecule is COc1cc2nc(CCn3c(=O)n4n(c3=O)[C@@H]3C[C@H]5C(=O)C(C)=C(C)C(=O)[C@@]5(C)[C@@H](c5ccc(CO)o5)C3=CC4)c(=O)n(C)c2cc1OC. The Morgan fingerprint density at radius 1 is 1.02 bits per heavy atom. The summed E-state index contributed by atoms with van der Waals surface area (Å²) in [5, 5.41) is 9.75. The zero-order chi connectivity index (χ0) is 35.1. The van der Waals surface area contributed by atoms with Gasteiger partial charge in [-0.25, -0.2) is 28.5 Å². The molecule has 0 radical (unpaired) electrons. The van der Waals surface area contributed by atoms with E-state index in [9.17, 15) is 29.1 Å². The molecule has 3 aromatic heterocycles. The van der Waals surface area contributed by atoms with Crippen molar-refractivity contribution >= 4 is 22.6 Å². The molecule has 1 saturated carbocycles. The van der Waals surface area contributed by atoms with Crippen molar-refractivity contribution in [1.82, 2.24) is 23.5 Å². The molecule has 0 spiro atoms. The molecule has 0 bridgehead atoms. The van der Waals surface area contributed by atoms with Gasteiger partial charge in [0.2, 0.25) is 0 Å². The van der Waals surface area contributed by atoms with Crippen LogP contribution < -0.4 is 26.4 Å². The number of carbonyl (C=O) groups is 2. The van der Waals surface area contributed by atoms with E-state index in [1.807, 2.05) is 6.08 Å². The number of ether oxygens (including phenoxy) is 2. The highest BCUT2D eigenvalue weighted by molar-refractivity contribution is 6.15. The summed E-state index contributed by atoms with van der Waals surface area (Å²) in [4.78, 5) is 73.7. The van der Waals surface area contributed by atoms with Crippen molar-refractivity contribution in [2.24, 2.45) is 18.4 Å². The first kappa shape index (κ1) is 32.3. The topological polar surface area (TPSA) is 170 Å². The van der Waals surface area contributed by atoms with E-state index in [4.69, 9.17) is 13.9 Å². The Labute approximate surface area is 279 Å². The van der Waals surface area contributed by atoms with Crippen LogP contribution in [0.15, 0.2) is 65.9 Å². The number of benzene rings is 1. The van der Waals surface area contributed by atoms with Crippen LogP contribution in [0, 0.1) is 11.3 Å². The summed E-state index contributed by atoms with van der Waals surface area (Å²) < 4.78 is 22.0. The number of hydrogen-bond donors (Lipinski definition) is 1. The molecular weight excluding hydrogens is 634 g/mol. The highest BCUT2D eigenvalue weighted by Gasteiger charge is 2.61. The van der Waals surface area contributed by atoms with Gasteiger partial charge in [0.1, 0.15) is 23.8 Å². The lowest BCUT2D eigenvalue weighted by Crippen LogP contribution is -2.55. The number of hydrogen-bond acceptors (Lipinski definition) is 10. The van der Waals surface area contributed by atoms with Crippen LogP contribution in [0.4, 0.5) is 0 Å². The van der Waals surface area contributed by atoms with Crippen LogP contribution in [-0.2, 0) is 42.8 Å². The van der Waals surface area contributed by atoms with E-state index in [1.54, 1.807) is 52.1 Å². The zero-order valence-corrected chi connectivity index (χ0v) is 28.1. The predicted octanol–water partition coefficient (Wildman–Crippen LogP) is 2.18. The van der Waals surface area contributed by atoms with E-state index in [1.165, 1.54) is 28.2 Å². The summed E-state index contributed by atoms with van der Waals surface area (Å²) in [5.74, 6) is -0.293. The molecule has 1 aromatic carbocycles. The van der Waals surface area contributed by atoms with Crippen LogP contribution in [0.1, 0.15) is 56.4 Å². The fourth-order valence-electron chi connectivity index (χ4n) is 8.11. The van der Waals surface area contributed by atoms with E-state index in [0.29, 0.717) is 50.8 Å². The second kappa shape index (κ2) is 11.4. The average molecular weight is 672 g/mol. The molecule has 7 rings (SSSR count). The number of methoxy groups -OCH3 is 2. The number of aliphatic hydroxyl groups is 1. The molecule has 0 saturated heterocycles. The van der Waals surface area contributed by atoms with Crippen molar-refractivity contribution in [2.75, 3.05) is 14.2 Å². The third kappa shape index (κ3) is 4.49. The number of carbonyl (C=O) groups excluding carboxylic acids is 2. The summed E-state index contributed by atoms with van der Waals surface area (Å²) in [6, 6.07) is 5.92. The standard InChI is InChI=1S/C35H37N5O9/c1-17-18(2)31(43)35(3)21(30(17)42)13-24-20(29(35)26-8-7-19(16-41)49-26)9-12-39-33(45)38(34(46)40(24)39)11-10-22-32(44)37(4)25-15-28(48-6)27(47-5)14-23(25)36-22/h7-9,14-15,21,24,29,41H,10-13,16H2,1-6H3/t21-,24+,29+,35+/m0/s1. The van der Waals surface area contributed by atoms with Crippen molar-refractivity contribution in [3.63, 3.8) is 0 Å². The fraction of sp³-hybridized carbons (Fsp3) is 0.429. The monoisotopic (exact) mass is 671 g/mol. The maximum Gasteiger partial charge on any atom is 0.347 e. The first-order chi connectivity index (χ1) is 23.4. The van der Waals surface area contributed by atoms with Gasteiger partial charge < -0.3 is 23.6 Å². The Morgan fingerprint density at radius 2 is 1.73 bits per heavy atom. The van der Waals surface area contributed by atoms with E-state index in [-0.39, 0.29) is 55.4 Å². The second-order valence-corrected chi connectivity index (χ2v) is 13.1. The first-order valence-corrected chi connectivity index (χ1v) is 16.1. The number of fused-ring (bicyclic) bond motifs is 5. The molecule has 14 nitrogen and oxygen atoms in total. The normalized spacial score (nSPS) is 23.3. The van der Waals surface area contributed by atoms with Gasteiger partial charge in [-0.2, -0.15) is 0 Å². The molecule has 49 heavy (non-hydrogen) atoms. The predicted molar refractivity (Wildman–Crippen MR) is 176 cm³/mol. The Bertz CT molecular complexity index is 2330. The molecule has 3 aliphatic rings. The minimum Gasteiger partial charge on any atom is -0.493 e. The maximum atomic E-state index is 14.2. The molecule has 4 atom stereocenters. The minimum atomic E-state index is -1.21. The number of nitrogens with zero attached hydrogens (tertiary/aromatic N) is 5. The van der Waals surface area contributed by atoms with Crippen molar-refractivity contribution < 1.29 is 28.6 Å². The summed E-state index contributed by atoms with van der Waals surface area (Å²) in [5.41, 5.74) is -0.111. The number of ketones is 2. The Balaban J connectivity index is 1.30. The minimum absolute atomic E-state index is 0.00300. The molecule has 2 aliphatic carbocycles. The van der Waals surface area contributed by atoms with Gasteiger partial charge in [-0.15, -0.1) is 0 Å². The van der Waals surface area contributed by atoms with Crippen molar-refractivity contribution in [3.8, 4) is 11.5 Å². The van der Waals surface area contributed by atoms with Gasteiger partial charge in [-0.3, -0.25) is 14.4 Å². The van der Waals surface area contributed by atoms with Crippen molar-refractivity contribution in [3.05, 3.63) is 95.6 Å². The fourth-order valence-corrected chi connectivity index (χ4v) is 8.11. The number of allylic oxidation sites excluding steroid dienone is 4. The maximum absolute atomic E-state index is 14.2. The van der Waals surface area contributed by atoms with Gasteiger partial charge in [0.15, 0.2) is 23.1 Å². The van der Waals surface area contributed by atoms with Crippen LogP contribution in [0.3, 0.4) is 0 Å². The molecule has 1 aliphatic heterocycles. The molecule has 0 unspecified atom stereocenters. The van der Waals surface area contributed by atoms with Gasteiger partial charge in [-0.1, -0.05) is 13.0 Å². The molecule has 4 heterocycles. The smallest absolute Gasteiger partial charge is 0.347 e. The summed E-state index contributed by atoms with van der Waals surface area (Å²) >= 11 is 0. The molecule has 14 heteroatoms. The summed E-state index contributed by atoms with van der Waals surface area (Å²) in [6.45, 7) is 4.65. The van der Waals surface area contributed by atoms with Gasteiger partial charge in [-0.05, 0) is 49.1 Å². The first-order valence-electron chi connectivity index (χ1n) is 16.1. The number of aryl methyl sites for hydroxylation is 2. The molecular formula is C35H37N5O9. The lowest BCUT2D eigenvalue weighted by atomic mass is 9.50. The van der Waals surface area contributed by atoms with E-state index < -0.39 is 34.7 Å². The third-order valence-corrected chi connectivity index (χ3v) is 10.9. The van der Waals surface area contributed by atoms with Gasteiger partial charge >= 0.3 is 11.4 Å². The van der Waals surface area contributed by atoms with Gasteiger partial charge in [0.25, 0.3) is 5.56 Å². The van der Waals surface area contributed by atoms with Crippen LogP contribution in [0.25, 0.3) is 11.0 Å². The number of aliphatic hydroxyl groups excluding tert-OH is 1. The second-order valence-electron chi connectivity index (χ2n) is 13.1. The van der Waals surface area contributed by atoms with Crippen LogP contribution >= 0.6 is 0 Å². The summed E-state index contributed by atoms with van der Waals surface area (Å²) in [7, 11) is 4.61. The molecule has 1 N–H and O–H groups in total. The Hall–Kier alpha value is -5.24. The number of Topliss-reactive ketones (excluding diaryl/α,β-unsaturated/α-hetero) is 2. The number of rotatable bonds is 7. The lowest BCUT2D eigenvalue weighted by molar-refractivity contribution is -0.140. The van der Waals surface area contributed by atoms with Crippen LogP contribution in [0.2, 0.25) is 0 Å². The van der Waals surface area contributed by atoms with Crippen LogP contribution in [0.5, 0.6) is 11.5 Å². The van der Waals surface area contributed by atoms with E-state index in [2.05, 4.69) is 4.98 Å². The van der Waals surface area contributed by atoms with Crippen LogP contribution in [-0.4, -0.2) is 54.4 Å². The quantitative estimate of drug-likeness (QED) is 0.288.